The second kappa shape index (κ2) is 7.11. The van der Waals surface area contributed by atoms with Crippen LogP contribution >= 0.6 is 11.3 Å². The normalized spacial score (nSPS) is 15.5. The molecule has 1 aliphatic carbocycles. The summed E-state index contributed by atoms with van der Waals surface area (Å²) in [6.07, 6.45) is 4.65. The molecule has 0 saturated carbocycles. The van der Waals surface area contributed by atoms with Crippen molar-refractivity contribution in [1.82, 2.24) is 14.9 Å². The number of fused-ring (bicyclic) bond motifs is 3. The molecule has 1 atom stereocenters. The van der Waals surface area contributed by atoms with Crippen molar-refractivity contribution in [2.75, 3.05) is 13.1 Å². The molecular formula is C17H25N3O2S. The van der Waals surface area contributed by atoms with Crippen molar-refractivity contribution in [1.29, 1.82) is 0 Å². The van der Waals surface area contributed by atoms with Gasteiger partial charge in [-0.1, -0.05) is 13.8 Å². The summed E-state index contributed by atoms with van der Waals surface area (Å²) in [7, 11) is 0. The third-order valence-corrected chi connectivity index (χ3v) is 5.66. The molecule has 0 bridgehead atoms. The van der Waals surface area contributed by atoms with Crippen LogP contribution in [-0.2, 0) is 19.4 Å². The third kappa shape index (κ3) is 3.49. The van der Waals surface area contributed by atoms with Crippen molar-refractivity contribution < 1.29 is 5.11 Å². The highest BCUT2D eigenvalue weighted by atomic mass is 32.1. The summed E-state index contributed by atoms with van der Waals surface area (Å²) >= 11 is 1.67. The van der Waals surface area contributed by atoms with Crippen LogP contribution in [0.2, 0.25) is 0 Å². The average molecular weight is 335 g/mol. The van der Waals surface area contributed by atoms with Gasteiger partial charge in [-0.05, 0) is 44.2 Å². The standard InChI is InChI=1S/C17H25N3O2S/c1-3-8-20(9-11(21)4-2)10-14-18-16(22)15-12-6-5-7-13(12)23-17(15)19-14/h11,21H,3-10H2,1-2H3,(H,18,19,22). The van der Waals surface area contributed by atoms with Crippen molar-refractivity contribution in [2.24, 2.45) is 0 Å². The number of hydrogen-bond acceptors (Lipinski definition) is 5. The first-order valence-electron chi connectivity index (χ1n) is 8.56. The van der Waals surface area contributed by atoms with E-state index in [9.17, 15) is 9.90 Å². The van der Waals surface area contributed by atoms with E-state index in [1.54, 1.807) is 11.3 Å². The lowest BCUT2D eigenvalue weighted by Crippen LogP contribution is -2.33. The lowest BCUT2D eigenvalue weighted by atomic mass is 10.2. The van der Waals surface area contributed by atoms with Crippen LogP contribution in [0.4, 0.5) is 0 Å². The predicted octanol–water partition coefficient (Wildman–Crippen LogP) is 2.46. The van der Waals surface area contributed by atoms with Gasteiger partial charge in [0.25, 0.3) is 5.56 Å². The van der Waals surface area contributed by atoms with Gasteiger partial charge in [0.05, 0.1) is 18.0 Å². The van der Waals surface area contributed by atoms with E-state index < -0.39 is 0 Å². The largest absolute Gasteiger partial charge is 0.392 e. The molecule has 1 aliphatic rings. The Balaban J connectivity index is 1.86. The Morgan fingerprint density at radius 2 is 2.22 bits per heavy atom. The van der Waals surface area contributed by atoms with E-state index in [2.05, 4.69) is 16.8 Å². The maximum atomic E-state index is 12.5. The first-order chi connectivity index (χ1) is 11.1. The SMILES string of the molecule is CCCN(Cc1nc2sc3c(c2c(=O)[nH]1)CCC3)CC(O)CC. The number of H-pyrrole nitrogens is 1. The number of rotatable bonds is 7. The number of aliphatic hydroxyl groups excluding tert-OH is 1. The molecule has 2 N–H and O–H groups in total. The fourth-order valence-corrected chi connectivity index (χ4v) is 4.59. The van der Waals surface area contributed by atoms with Gasteiger partial charge in [0, 0.05) is 11.4 Å². The molecule has 2 aromatic rings. The van der Waals surface area contributed by atoms with Crippen LogP contribution in [0.3, 0.4) is 0 Å². The fraction of sp³-hybridized carbons (Fsp3) is 0.647. The highest BCUT2D eigenvalue weighted by Gasteiger charge is 2.21. The average Bonchev–Trinajstić information content (AvgIpc) is 3.07. The first kappa shape index (κ1) is 16.6. The molecule has 0 aromatic carbocycles. The highest BCUT2D eigenvalue weighted by molar-refractivity contribution is 7.18. The van der Waals surface area contributed by atoms with Crippen molar-refractivity contribution in [3.8, 4) is 0 Å². The number of thiophene rings is 1. The Kier molecular flexibility index (Phi) is 5.14. The van der Waals surface area contributed by atoms with Gasteiger partial charge in [0.1, 0.15) is 10.7 Å². The molecule has 0 aliphatic heterocycles. The third-order valence-electron chi connectivity index (χ3n) is 4.48. The second-order valence-corrected chi connectivity index (χ2v) is 7.43. The van der Waals surface area contributed by atoms with Crippen LogP contribution in [0.15, 0.2) is 4.79 Å². The summed E-state index contributed by atoms with van der Waals surface area (Å²) in [5.41, 5.74) is 1.22. The minimum absolute atomic E-state index is 0.00288. The lowest BCUT2D eigenvalue weighted by Gasteiger charge is -2.23. The van der Waals surface area contributed by atoms with Gasteiger partial charge < -0.3 is 10.1 Å². The van der Waals surface area contributed by atoms with Crippen molar-refractivity contribution in [2.45, 2.75) is 58.6 Å². The van der Waals surface area contributed by atoms with Gasteiger partial charge in [-0.2, -0.15) is 0 Å². The number of nitrogens with one attached hydrogen (secondary N) is 1. The monoisotopic (exact) mass is 335 g/mol. The predicted molar refractivity (Wildman–Crippen MR) is 94.1 cm³/mol. The zero-order valence-corrected chi connectivity index (χ0v) is 14.7. The van der Waals surface area contributed by atoms with Gasteiger partial charge in [-0.25, -0.2) is 4.98 Å². The Bertz CT molecular complexity index is 737. The molecule has 2 aromatic heterocycles. The molecule has 2 heterocycles. The second-order valence-electron chi connectivity index (χ2n) is 6.35. The van der Waals surface area contributed by atoms with Crippen LogP contribution < -0.4 is 5.56 Å². The van der Waals surface area contributed by atoms with Crippen molar-refractivity contribution in [3.63, 3.8) is 0 Å². The number of aliphatic hydroxyl groups is 1. The van der Waals surface area contributed by atoms with Crippen LogP contribution in [0, 0.1) is 0 Å². The molecule has 5 nitrogen and oxygen atoms in total. The van der Waals surface area contributed by atoms with Gasteiger partial charge in [-0.3, -0.25) is 9.69 Å². The van der Waals surface area contributed by atoms with Crippen molar-refractivity contribution >= 4 is 21.6 Å². The molecule has 3 rings (SSSR count). The number of hydrogen-bond donors (Lipinski definition) is 2. The van der Waals surface area contributed by atoms with E-state index in [4.69, 9.17) is 4.98 Å². The van der Waals surface area contributed by atoms with Gasteiger partial charge >= 0.3 is 0 Å². The van der Waals surface area contributed by atoms with E-state index >= 15 is 0 Å². The summed E-state index contributed by atoms with van der Waals surface area (Å²) in [6.45, 7) is 6.19. The van der Waals surface area contributed by atoms with E-state index in [0.29, 0.717) is 18.9 Å². The molecule has 6 heteroatoms. The van der Waals surface area contributed by atoms with Crippen LogP contribution in [0.25, 0.3) is 10.2 Å². The molecule has 0 spiro atoms. The highest BCUT2D eigenvalue weighted by Crippen LogP contribution is 2.34. The molecule has 1 unspecified atom stereocenters. The summed E-state index contributed by atoms with van der Waals surface area (Å²) < 4.78 is 0. The summed E-state index contributed by atoms with van der Waals surface area (Å²) in [4.78, 5) is 24.5. The fourth-order valence-electron chi connectivity index (χ4n) is 3.31. The molecule has 0 radical (unpaired) electrons. The van der Waals surface area contributed by atoms with E-state index in [0.717, 1.165) is 48.9 Å². The molecule has 0 amide bonds. The number of aromatic amines is 1. The smallest absolute Gasteiger partial charge is 0.259 e. The molecular weight excluding hydrogens is 310 g/mol. The summed E-state index contributed by atoms with van der Waals surface area (Å²) in [5.74, 6) is 0.708. The van der Waals surface area contributed by atoms with Crippen molar-refractivity contribution in [3.05, 3.63) is 26.6 Å². The van der Waals surface area contributed by atoms with E-state index in [-0.39, 0.29) is 11.7 Å². The zero-order chi connectivity index (χ0) is 16.4. The lowest BCUT2D eigenvalue weighted by molar-refractivity contribution is 0.104. The maximum Gasteiger partial charge on any atom is 0.259 e. The van der Waals surface area contributed by atoms with Crippen LogP contribution in [-0.4, -0.2) is 39.2 Å². The molecule has 126 valence electrons. The minimum Gasteiger partial charge on any atom is -0.392 e. The van der Waals surface area contributed by atoms with Crippen LogP contribution in [0.5, 0.6) is 0 Å². The number of aryl methyl sites for hydroxylation is 2. The first-order valence-corrected chi connectivity index (χ1v) is 9.37. The minimum atomic E-state index is -0.331. The Labute approximate surface area is 140 Å². The van der Waals surface area contributed by atoms with E-state index in [1.165, 1.54) is 10.4 Å². The Morgan fingerprint density at radius 1 is 1.39 bits per heavy atom. The molecule has 0 fully saturated rings. The number of nitrogens with zero attached hydrogens (tertiary/aromatic N) is 2. The van der Waals surface area contributed by atoms with Gasteiger partial charge in [0.2, 0.25) is 0 Å². The maximum absolute atomic E-state index is 12.5. The summed E-state index contributed by atoms with van der Waals surface area (Å²) in [6, 6.07) is 0. The molecule has 23 heavy (non-hydrogen) atoms. The van der Waals surface area contributed by atoms with Gasteiger partial charge in [-0.15, -0.1) is 11.3 Å². The summed E-state index contributed by atoms with van der Waals surface area (Å²) in [5, 5.41) is 10.7. The van der Waals surface area contributed by atoms with Crippen LogP contribution in [0.1, 0.15) is 49.4 Å². The zero-order valence-electron chi connectivity index (χ0n) is 13.9. The van der Waals surface area contributed by atoms with E-state index in [1.807, 2.05) is 6.92 Å². The Morgan fingerprint density at radius 3 is 2.96 bits per heavy atom. The quantitative estimate of drug-likeness (QED) is 0.815. The number of aromatic nitrogens is 2. The Hall–Kier alpha value is -1.24. The topological polar surface area (TPSA) is 69.2 Å². The molecule has 0 saturated heterocycles. The van der Waals surface area contributed by atoms with Gasteiger partial charge in [0.15, 0.2) is 0 Å².